The maximum absolute atomic E-state index is 2.53. The summed E-state index contributed by atoms with van der Waals surface area (Å²) in [6, 6.07) is 0. The molecule has 0 atom stereocenters. The number of hydrogen-bond acceptors (Lipinski definition) is 1. The van der Waals surface area contributed by atoms with E-state index < -0.39 is 0 Å². The Kier molecular flexibility index (Phi) is 11.1. The lowest BCUT2D eigenvalue weighted by Gasteiger charge is -2.36. The molecule has 0 unspecified atom stereocenters. The minimum absolute atomic E-state index is 0.617. The van der Waals surface area contributed by atoms with Crippen molar-refractivity contribution in [3.63, 3.8) is 0 Å². The van der Waals surface area contributed by atoms with Gasteiger partial charge in [0.15, 0.2) is 0 Å². The topological polar surface area (TPSA) is 3.24 Å². The molecule has 1 saturated heterocycles. The van der Waals surface area contributed by atoms with E-state index in [0.717, 1.165) is 0 Å². The Bertz CT molecular complexity index is 97.8. The fourth-order valence-corrected chi connectivity index (χ4v) is 1.47. The molecule has 1 aliphatic heterocycles. The molecule has 0 aromatic heterocycles. The first-order chi connectivity index (χ1) is 6.64. The van der Waals surface area contributed by atoms with Gasteiger partial charge in [-0.05, 0) is 37.9 Å². The van der Waals surface area contributed by atoms with Crippen LogP contribution in [-0.2, 0) is 0 Å². The van der Waals surface area contributed by atoms with E-state index in [4.69, 9.17) is 0 Å². The number of nitrogens with zero attached hydrogens (tertiary/aromatic N) is 1. The maximum atomic E-state index is 2.53. The lowest BCUT2D eigenvalue weighted by atomic mass is 9.83. The summed E-state index contributed by atoms with van der Waals surface area (Å²) < 4.78 is 0. The predicted molar refractivity (Wildman–Crippen MR) is 67.8 cm³/mol. The van der Waals surface area contributed by atoms with Crippen LogP contribution in [0.1, 0.15) is 61.3 Å². The van der Waals surface area contributed by atoms with Crippen molar-refractivity contribution in [1.29, 1.82) is 0 Å². The summed E-state index contributed by atoms with van der Waals surface area (Å²) in [5, 5.41) is 0. The third-order valence-corrected chi connectivity index (χ3v) is 2.66. The maximum Gasteiger partial charge on any atom is -0.00138 e. The molecule has 0 amide bonds. The van der Waals surface area contributed by atoms with Crippen molar-refractivity contribution in [2.24, 2.45) is 5.41 Å². The number of piperidine rings is 1. The molecule has 0 aliphatic carbocycles. The Balaban J connectivity index is 0. The van der Waals surface area contributed by atoms with Crippen molar-refractivity contribution in [1.82, 2.24) is 4.90 Å². The molecule has 0 radical (unpaired) electrons. The van der Waals surface area contributed by atoms with Crippen molar-refractivity contribution >= 4 is 0 Å². The fourth-order valence-electron chi connectivity index (χ4n) is 1.47. The summed E-state index contributed by atoms with van der Waals surface area (Å²) in [7, 11) is 0. The third-order valence-electron chi connectivity index (χ3n) is 2.66. The van der Waals surface area contributed by atoms with E-state index in [0.29, 0.717) is 5.41 Å². The van der Waals surface area contributed by atoms with Gasteiger partial charge in [0, 0.05) is 0 Å². The summed E-state index contributed by atoms with van der Waals surface area (Å²) >= 11 is 0. The molecule has 0 N–H and O–H groups in total. The largest absolute Gasteiger partial charge is 0.304 e. The highest BCUT2D eigenvalue weighted by molar-refractivity contribution is 4.77. The first-order valence-electron chi connectivity index (χ1n) is 6.36. The van der Waals surface area contributed by atoms with Crippen molar-refractivity contribution in [2.45, 2.75) is 61.3 Å². The standard InChI is InChI=1S/C9H19N.2C2H6/c1-4-10-7-5-9(2,3)6-8-10;2*1-2/h4-8H2,1-3H3;2*1-2H3. The van der Waals surface area contributed by atoms with Gasteiger partial charge < -0.3 is 4.90 Å². The van der Waals surface area contributed by atoms with Gasteiger partial charge in [-0.1, -0.05) is 48.5 Å². The molecule has 0 spiro atoms. The van der Waals surface area contributed by atoms with Crippen LogP contribution < -0.4 is 0 Å². The Morgan fingerprint density at radius 3 is 1.57 bits per heavy atom. The highest BCUT2D eigenvalue weighted by atomic mass is 15.1. The molecule has 1 heteroatoms. The van der Waals surface area contributed by atoms with E-state index in [1.165, 1.54) is 32.5 Å². The summed E-state index contributed by atoms with van der Waals surface area (Å²) in [5.74, 6) is 0. The van der Waals surface area contributed by atoms with Crippen molar-refractivity contribution in [3.05, 3.63) is 0 Å². The molecule has 1 fully saturated rings. The highest BCUT2D eigenvalue weighted by Gasteiger charge is 2.23. The first kappa shape index (κ1) is 16.4. The molecule has 0 aromatic rings. The summed E-state index contributed by atoms with van der Waals surface area (Å²) in [4.78, 5) is 2.53. The molecule has 14 heavy (non-hydrogen) atoms. The fraction of sp³-hybridized carbons (Fsp3) is 1.00. The first-order valence-corrected chi connectivity index (χ1v) is 6.36. The van der Waals surface area contributed by atoms with E-state index in [1.807, 2.05) is 27.7 Å². The van der Waals surface area contributed by atoms with E-state index in [9.17, 15) is 0 Å². The van der Waals surface area contributed by atoms with Crippen molar-refractivity contribution < 1.29 is 0 Å². The van der Waals surface area contributed by atoms with Gasteiger partial charge >= 0.3 is 0 Å². The molecule has 1 nitrogen and oxygen atoms in total. The summed E-state index contributed by atoms with van der Waals surface area (Å²) in [6.45, 7) is 18.8. The quantitative estimate of drug-likeness (QED) is 0.615. The van der Waals surface area contributed by atoms with Gasteiger partial charge in [-0.25, -0.2) is 0 Å². The molecular weight excluding hydrogens is 170 g/mol. The SMILES string of the molecule is CC.CC.CCN1CCC(C)(C)CC1. The molecule has 0 aromatic carbocycles. The Labute approximate surface area is 91.9 Å². The number of hydrogen-bond donors (Lipinski definition) is 0. The van der Waals surface area contributed by atoms with Gasteiger partial charge in [0.2, 0.25) is 0 Å². The second kappa shape index (κ2) is 9.51. The Hall–Kier alpha value is -0.0400. The third kappa shape index (κ3) is 7.37. The summed E-state index contributed by atoms with van der Waals surface area (Å²) in [6.07, 6.45) is 2.75. The molecule has 88 valence electrons. The van der Waals surface area contributed by atoms with E-state index >= 15 is 0 Å². The zero-order valence-electron chi connectivity index (χ0n) is 11.5. The van der Waals surface area contributed by atoms with Crippen LogP contribution in [0.15, 0.2) is 0 Å². The second-order valence-corrected chi connectivity index (χ2v) is 4.10. The van der Waals surface area contributed by atoms with Crippen LogP contribution in [-0.4, -0.2) is 24.5 Å². The molecule has 1 rings (SSSR count). The summed E-state index contributed by atoms with van der Waals surface area (Å²) in [5.41, 5.74) is 0.617. The molecule has 0 bridgehead atoms. The highest BCUT2D eigenvalue weighted by Crippen LogP contribution is 2.29. The van der Waals surface area contributed by atoms with Gasteiger partial charge in [-0.15, -0.1) is 0 Å². The van der Waals surface area contributed by atoms with Crippen LogP contribution >= 0.6 is 0 Å². The van der Waals surface area contributed by atoms with Gasteiger partial charge in [0.1, 0.15) is 0 Å². The van der Waals surface area contributed by atoms with Crippen LogP contribution in [0.5, 0.6) is 0 Å². The minimum Gasteiger partial charge on any atom is -0.304 e. The zero-order valence-corrected chi connectivity index (χ0v) is 11.5. The van der Waals surface area contributed by atoms with Crippen molar-refractivity contribution in [3.8, 4) is 0 Å². The van der Waals surface area contributed by atoms with Gasteiger partial charge in [0.05, 0.1) is 0 Å². The van der Waals surface area contributed by atoms with Crippen LogP contribution in [0.2, 0.25) is 0 Å². The zero-order chi connectivity index (χ0) is 11.6. The van der Waals surface area contributed by atoms with Crippen LogP contribution in [0.3, 0.4) is 0 Å². The smallest absolute Gasteiger partial charge is 0.00138 e. The lowest BCUT2D eigenvalue weighted by Crippen LogP contribution is -2.36. The van der Waals surface area contributed by atoms with Crippen LogP contribution in [0.25, 0.3) is 0 Å². The molecule has 1 aliphatic rings. The Morgan fingerprint density at radius 1 is 0.929 bits per heavy atom. The van der Waals surface area contributed by atoms with Crippen LogP contribution in [0, 0.1) is 5.41 Å². The number of likely N-dealkylation sites (tertiary alicyclic amines) is 1. The van der Waals surface area contributed by atoms with Gasteiger partial charge in [-0.3, -0.25) is 0 Å². The number of rotatable bonds is 1. The Morgan fingerprint density at radius 2 is 1.29 bits per heavy atom. The average Bonchev–Trinajstić information content (AvgIpc) is 2.24. The van der Waals surface area contributed by atoms with Gasteiger partial charge in [0.25, 0.3) is 0 Å². The predicted octanol–water partition coefficient (Wildman–Crippen LogP) is 4.18. The second-order valence-electron chi connectivity index (χ2n) is 4.10. The normalized spacial score (nSPS) is 19.9. The van der Waals surface area contributed by atoms with Crippen LogP contribution in [0.4, 0.5) is 0 Å². The van der Waals surface area contributed by atoms with E-state index in [-0.39, 0.29) is 0 Å². The molecular formula is C13H31N. The average molecular weight is 201 g/mol. The van der Waals surface area contributed by atoms with E-state index in [2.05, 4.69) is 25.7 Å². The van der Waals surface area contributed by atoms with Gasteiger partial charge in [-0.2, -0.15) is 0 Å². The lowest BCUT2D eigenvalue weighted by molar-refractivity contribution is 0.138. The van der Waals surface area contributed by atoms with Crippen molar-refractivity contribution in [2.75, 3.05) is 19.6 Å². The molecule has 0 saturated carbocycles. The minimum atomic E-state index is 0.617. The van der Waals surface area contributed by atoms with E-state index in [1.54, 1.807) is 0 Å². The monoisotopic (exact) mass is 201 g/mol. The molecule has 1 heterocycles.